The summed E-state index contributed by atoms with van der Waals surface area (Å²) in [6.07, 6.45) is 0.247. The number of carboxylic acids is 2. The van der Waals surface area contributed by atoms with Gasteiger partial charge in [-0.1, -0.05) is 34.1 Å². The lowest BCUT2D eigenvalue weighted by molar-refractivity contribution is -0.143. The monoisotopic (exact) mass is 430 g/mol. The van der Waals surface area contributed by atoms with Gasteiger partial charge in [0.2, 0.25) is 17.7 Å². The normalized spacial score (nSPS) is 14.9. The van der Waals surface area contributed by atoms with Gasteiger partial charge in [-0.15, -0.1) is 0 Å². The molecule has 0 aromatic carbocycles. The summed E-state index contributed by atoms with van der Waals surface area (Å²) < 4.78 is 0. The molecule has 11 nitrogen and oxygen atoms in total. The molecule has 0 fully saturated rings. The number of aliphatic carboxylic acids is 2. The highest BCUT2D eigenvalue weighted by atomic mass is 16.4. The molecule has 172 valence electrons. The van der Waals surface area contributed by atoms with Gasteiger partial charge in [-0.2, -0.15) is 0 Å². The molecule has 4 atom stereocenters. The summed E-state index contributed by atoms with van der Waals surface area (Å²) in [6.45, 7) is 6.94. The van der Waals surface area contributed by atoms with Crippen molar-refractivity contribution < 1.29 is 34.2 Å². The van der Waals surface area contributed by atoms with Crippen molar-refractivity contribution >= 4 is 29.7 Å². The summed E-state index contributed by atoms with van der Waals surface area (Å²) in [5, 5.41) is 25.1. The highest BCUT2D eigenvalue weighted by Gasteiger charge is 2.30. The van der Waals surface area contributed by atoms with E-state index in [4.69, 9.17) is 10.8 Å². The zero-order valence-electron chi connectivity index (χ0n) is 17.9. The van der Waals surface area contributed by atoms with Crippen molar-refractivity contribution in [3.63, 3.8) is 0 Å². The van der Waals surface area contributed by atoms with Crippen LogP contribution in [0.3, 0.4) is 0 Å². The molecule has 0 aliphatic carbocycles. The zero-order chi connectivity index (χ0) is 23.4. The van der Waals surface area contributed by atoms with E-state index in [1.54, 1.807) is 13.8 Å². The molecule has 30 heavy (non-hydrogen) atoms. The van der Waals surface area contributed by atoms with E-state index in [9.17, 15) is 29.1 Å². The van der Waals surface area contributed by atoms with Gasteiger partial charge in [0.05, 0.1) is 12.6 Å². The summed E-state index contributed by atoms with van der Waals surface area (Å²) in [7, 11) is 0. The molecule has 0 rings (SSSR count). The SMILES string of the molecule is CCC(C)C(NC(=O)CNC(=O)C(N)CC(C)C)C(=O)NC(CCC(=O)O)C(=O)O. The molecule has 0 aromatic rings. The Morgan fingerprint density at radius 1 is 0.967 bits per heavy atom. The molecule has 0 radical (unpaired) electrons. The predicted molar refractivity (Wildman–Crippen MR) is 108 cm³/mol. The van der Waals surface area contributed by atoms with Crippen molar-refractivity contribution in [3.05, 3.63) is 0 Å². The Kier molecular flexibility index (Phi) is 12.3. The first-order chi connectivity index (χ1) is 13.9. The molecule has 0 bridgehead atoms. The molecule has 0 spiro atoms. The highest BCUT2D eigenvalue weighted by molar-refractivity contribution is 5.92. The number of nitrogens with one attached hydrogen (secondary N) is 3. The van der Waals surface area contributed by atoms with E-state index < -0.39 is 54.2 Å². The summed E-state index contributed by atoms with van der Waals surface area (Å²) in [4.78, 5) is 58.7. The van der Waals surface area contributed by atoms with Gasteiger partial charge < -0.3 is 31.9 Å². The van der Waals surface area contributed by atoms with Crippen LogP contribution in [-0.2, 0) is 24.0 Å². The van der Waals surface area contributed by atoms with Crippen LogP contribution in [0.2, 0.25) is 0 Å². The van der Waals surface area contributed by atoms with E-state index in [1.165, 1.54) is 0 Å². The van der Waals surface area contributed by atoms with Gasteiger partial charge in [0.1, 0.15) is 12.1 Å². The predicted octanol–water partition coefficient (Wildman–Crippen LogP) is -0.559. The van der Waals surface area contributed by atoms with Crippen LogP contribution in [0.5, 0.6) is 0 Å². The van der Waals surface area contributed by atoms with Crippen LogP contribution in [0.15, 0.2) is 0 Å². The van der Waals surface area contributed by atoms with Crippen LogP contribution in [0.1, 0.15) is 53.4 Å². The second kappa shape index (κ2) is 13.5. The number of carbonyl (C=O) groups excluding carboxylic acids is 3. The Balaban J connectivity index is 4.96. The smallest absolute Gasteiger partial charge is 0.326 e. The molecule has 0 aromatic heterocycles. The maximum absolute atomic E-state index is 12.6. The Morgan fingerprint density at radius 2 is 1.57 bits per heavy atom. The fourth-order valence-electron chi connectivity index (χ4n) is 2.63. The zero-order valence-corrected chi connectivity index (χ0v) is 17.9. The van der Waals surface area contributed by atoms with Crippen LogP contribution in [0.25, 0.3) is 0 Å². The van der Waals surface area contributed by atoms with E-state index in [1.807, 2.05) is 13.8 Å². The third-order valence-corrected chi connectivity index (χ3v) is 4.56. The lowest BCUT2D eigenvalue weighted by atomic mass is 9.97. The Hall–Kier alpha value is -2.69. The standard InChI is InChI=1S/C19H34N4O7/c1-5-11(4)16(18(28)22-13(19(29)30)6-7-15(25)26)23-14(24)9-21-17(27)12(20)8-10(2)3/h10-13,16H,5-9,20H2,1-4H3,(H,21,27)(H,22,28)(H,23,24)(H,25,26)(H,29,30). The van der Waals surface area contributed by atoms with E-state index in [2.05, 4.69) is 16.0 Å². The summed E-state index contributed by atoms with van der Waals surface area (Å²) in [5.41, 5.74) is 5.75. The number of amides is 3. The number of rotatable bonds is 14. The third-order valence-electron chi connectivity index (χ3n) is 4.56. The molecule has 3 amide bonds. The van der Waals surface area contributed by atoms with E-state index >= 15 is 0 Å². The van der Waals surface area contributed by atoms with Crippen LogP contribution in [-0.4, -0.2) is 64.5 Å². The lowest BCUT2D eigenvalue weighted by Crippen LogP contribution is -2.56. The van der Waals surface area contributed by atoms with Gasteiger partial charge in [0.25, 0.3) is 0 Å². The van der Waals surface area contributed by atoms with E-state index in [0.717, 1.165) is 0 Å². The second-order valence-corrected chi connectivity index (χ2v) is 7.72. The van der Waals surface area contributed by atoms with Crippen molar-refractivity contribution in [2.24, 2.45) is 17.6 Å². The molecule has 0 aliphatic rings. The number of carbonyl (C=O) groups is 5. The van der Waals surface area contributed by atoms with Gasteiger partial charge in [0.15, 0.2) is 0 Å². The molecule has 0 heterocycles. The maximum Gasteiger partial charge on any atom is 0.326 e. The van der Waals surface area contributed by atoms with Crippen LogP contribution in [0, 0.1) is 11.8 Å². The lowest BCUT2D eigenvalue weighted by Gasteiger charge is -2.25. The Bertz CT molecular complexity index is 624. The van der Waals surface area contributed by atoms with E-state index in [0.29, 0.717) is 12.8 Å². The summed E-state index contributed by atoms with van der Waals surface area (Å²) in [6, 6.07) is -3.20. The van der Waals surface area contributed by atoms with Gasteiger partial charge in [-0.3, -0.25) is 19.2 Å². The van der Waals surface area contributed by atoms with E-state index in [-0.39, 0.29) is 24.8 Å². The van der Waals surface area contributed by atoms with Crippen molar-refractivity contribution in [2.75, 3.05) is 6.54 Å². The van der Waals surface area contributed by atoms with Gasteiger partial charge in [-0.25, -0.2) is 4.79 Å². The van der Waals surface area contributed by atoms with Crippen molar-refractivity contribution in [2.45, 2.75) is 71.5 Å². The van der Waals surface area contributed by atoms with Gasteiger partial charge in [0, 0.05) is 6.42 Å². The summed E-state index contributed by atoms with van der Waals surface area (Å²) in [5.74, 6) is -4.53. The van der Waals surface area contributed by atoms with Crippen LogP contribution < -0.4 is 21.7 Å². The number of hydrogen-bond acceptors (Lipinski definition) is 6. The fraction of sp³-hybridized carbons (Fsp3) is 0.737. The molecule has 0 aliphatic heterocycles. The first-order valence-electron chi connectivity index (χ1n) is 9.96. The average molecular weight is 431 g/mol. The minimum Gasteiger partial charge on any atom is -0.481 e. The molecule has 0 saturated heterocycles. The summed E-state index contributed by atoms with van der Waals surface area (Å²) >= 11 is 0. The first-order valence-corrected chi connectivity index (χ1v) is 9.96. The molecule has 7 N–H and O–H groups in total. The minimum atomic E-state index is -1.40. The number of hydrogen-bond donors (Lipinski definition) is 6. The van der Waals surface area contributed by atoms with Gasteiger partial charge >= 0.3 is 11.9 Å². The van der Waals surface area contributed by atoms with Crippen LogP contribution >= 0.6 is 0 Å². The first kappa shape index (κ1) is 27.3. The highest BCUT2D eigenvalue weighted by Crippen LogP contribution is 2.09. The topological polar surface area (TPSA) is 188 Å². The Labute approximate surface area is 176 Å². The molecular weight excluding hydrogens is 396 g/mol. The fourth-order valence-corrected chi connectivity index (χ4v) is 2.63. The molecule has 0 saturated carbocycles. The molecular formula is C19H34N4O7. The average Bonchev–Trinajstić information content (AvgIpc) is 2.65. The van der Waals surface area contributed by atoms with Crippen molar-refractivity contribution in [1.82, 2.24) is 16.0 Å². The number of nitrogens with two attached hydrogens (primary N) is 1. The van der Waals surface area contributed by atoms with Crippen molar-refractivity contribution in [3.8, 4) is 0 Å². The van der Waals surface area contributed by atoms with Crippen LogP contribution in [0.4, 0.5) is 0 Å². The van der Waals surface area contributed by atoms with Gasteiger partial charge in [-0.05, 0) is 24.7 Å². The minimum absolute atomic E-state index is 0.210. The molecule has 4 unspecified atom stereocenters. The maximum atomic E-state index is 12.6. The Morgan fingerprint density at radius 3 is 2.03 bits per heavy atom. The largest absolute Gasteiger partial charge is 0.481 e. The molecule has 11 heteroatoms. The van der Waals surface area contributed by atoms with Crippen molar-refractivity contribution in [1.29, 1.82) is 0 Å². The number of carboxylic acid groups (broad SMARTS) is 2. The second-order valence-electron chi connectivity index (χ2n) is 7.72. The third kappa shape index (κ3) is 10.7. The quantitative estimate of drug-likeness (QED) is 0.211.